The number of fused-ring (bicyclic) bond motifs is 1. The van der Waals surface area contributed by atoms with E-state index in [1.165, 1.54) is 141 Å². The van der Waals surface area contributed by atoms with E-state index >= 15 is 0 Å². The predicted octanol–water partition coefficient (Wildman–Crippen LogP) is 10.8. The van der Waals surface area contributed by atoms with Gasteiger partial charge in [-0.25, -0.2) is 0 Å². The smallest absolute Gasteiger partial charge is 0.272 e. The Hall–Kier alpha value is -1.97. The van der Waals surface area contributed by atoms with E-state index in [0.717, 1.165) is 22.9 Å². The van der Waals surface area contributed by atoms with Gasteiger partial charge in [0.2, 0.25) is 5.91 Å². The summed E-state index contributed by atoms with van der Waals surface area (Å²) in [5, 5.41) is 5.41. The minimum absolute atomic E-state index is 0.190. The molecule has 0 saturated heterocycles. The molecule has 220 valence electrons. The van der Waals surface area contributed by atoms with E-state index < -0.39 is 0 Å². The zero-order chi connectivity index (χ0) is 27.8. The fourth-order valence-corrected chi connectivity index (χ4v) is 5.61. The zero-order valence-corrected chi connectivity index (χ0v) is 25.3. The van der Waals surface area contributed by atoms with Gasteiger partial charge in [0.1, 0.15) is 0 Å². The van der Waals surface area contributed by atoms with Crippen LogP contribution in [0.25, 0.3) is 10.8 Å². The lowest BCUT2D eigenvalue weighted by molar-refractivity contribution is 0.0877. The molecular weight excluding hydrogens is 480 g/mol. The number of rotatable bonds is 25. The van der Waals surface area contributed by atoms with E-state index in [9.17, 15) is 9.59 Å². The first kappa shape index (κ1) is 33.2. The monoisotopic (exact) mass is 538 g/mol. The number of hydrogen-bond donors (Lipinski definition) is 0. The molecule has 0 bridgehead atoms. The quantitative estimate of drug-likeness (QED) is 0.118. The van der Waals surface area contributed by atoms with Crippen molar-refractivity contribution >= 4 is 16.7 Å². The van der Waals surface area contributed by atoms with Gasteiger partial charge in [0.15, 0.2) is 0 Å². The molecule has 0 saturated carbocycles. The fourth-order valence-electron chi connectivity index (χ4n) is 5.61. The number of carbonyl (C=O) groups is 1. The van der Waals surface area contributed by atoms with Gasteiger partial charge in [0.05, 0.1) is 11.6 Å². The van der Waals surface area contributed by atoms with E-state index in [1.807, 2.05) is 18.2 Å². The Morgan fingerprint density at radius 2 is 0.974 bits per heavy atom. The molecule has 0 unspecified atom stereocenters. The van der Waals surface area contributed by atoms with Crippen LogP contribution in [0, 0.1) is 0 Å². The number of nitrogens with zero attached hydrogens (tertiary/aromatic N) is 2. The molecule has 0 amide bonds. The molecule has 0 radical (unpaired) electrons. The Labute approximate surface area is 239 Å². The molecule has 1 aromatic carbocycles. The third kappa shape index (κ3) is 15.4. The lowest BCUT2D eigenvalue weighted by Crippen LogP contribution is -2.28. The van der Waals surface area contributed by atoms with Crippen LogP contribution in [0.3, 0.4) is 0 Å². The van der Waals surface area contributed by atoms with Gasteiger partial charge < -0.3 is 0 Å². The van der Waals surface area contributed by atoms with Crippen molar-refractivity contribution in [2.45, 2.75) is 167 Å². The normalized spacial score (nSPS) is 11.4. The first-order valence-corrected chi connectivity index (χ1v) is 16.7. The predicted molar refractivity (Wildman–Crippen MR) is 168 cm³/mol. The van der Waals surface area contributed by atoms with Gasteiger partial charge in [-0.15, -0.1) is 0 Å². The molecule has 2 aromatic rings. The van der Waals surface area contributed by atoms with Crippen LogP contribution < -0.4 is 5.56 Å². The topological polar surface area (TPSA) is 52.0 Å². The first-order valence-electron chi connectivity index (χ1n) is 16.7. The molecule has 0 aliphatic heterocycles. The molecule has 0 spiro atoms. The van der Waals surface area contributed by atoms with Gasteiger partial charge in [0.25, 0.3) is 5.56 Å². The fraction of sp³-hybridized carbons (Fsp3) is 0.743. The summed E-state index contributed by atoms with van der Waals surface area (Å²) < 4.78 is 1.04. The second-order valence-electron chi connectivity index (χ2n) is 11.7. The van der Waals surface area contributed by atoms with E-state index in [1.54, 1.807) is 12.3 Å². The zero-order valence-electron chi connectivity index (χ0n) is 25.3. The minimum atomic E-state index is -0.303. The van der Waals surface area contributed by atoms with Gasteiger partial charge >= 0.3 is 0 Å². The van der Waals surface area contributed by atoms with Crippen molar-refractivity contribution in [3.8, 4) is 0 Å². The molecule has 0 aliphatic carbocycles. The van der Waals surface area contributed by atoms with Crippen molar-refractivity contribution in [2.75, 3.05) is 0 Å². The minimum Gasteiger partial charge on any atom is -0.272 e. The average molecular weight is 539 g/mol. The number of benzene rings is 1. The van der Waals surface area contributed by atoms with Crippen molar-refractivity contribution in [3.63, 3.8) is 0 Å². The summed E-state index contributed by atoms with van der Waals surface area (Å²) in [6.07, 6.45) is 34.7. The van der Waals surface area contributed by atoms with Crippen LogP contribution in [-0.2, 0) is 0 Å². The van der Waals surface area contributed by atoms with Crippen molar-refractivity contribution in [2.24, 2.45) is 0 Å². The SMILES string of the molecule is CCCCCCCCCCCCCCCCCCCCCCCCCCC(=O)n1ncc2ccccc2c1=O. The lowest BCUT2D eigenvalue weighted by atomic mass is 10.0. The van der Waals surface area contributed by atoms with Gasteiger partial charge in [-0.1, -0.05) is 173 Å². The second kappa shape index (κ2) is 22.8. The van der Waals surface area contributed by atoms with E-state index in [0.29, 0.717) is 11.8 Å². The second-order valence-corrected chi connectivity index (χ2v) is 11.7. The summed E-state index contributed by atoms with van der Waals surface area (Å²) in [6, 6.07) is 7.29. The van der Waals surface area contributed by atoms with Crippen LogP contribution in [-0.4, -0.2) is 15.7 Å². The molecule has 0 aliphatic rings. The molecule has 0 N–H and O–H groups in total. The lowest BCUT2D eigenvalue weighted by Gasteiger charge is -2.05. The Kier molecular flexibility index (Phi) is 19.4. The van der Waals surface area contributed by atoms with E-state index in [2.05, 4.69) is 12.0 Å². The third-order valence-electron chi connectivity index (χ3n) is 8.18. The highest BCUT2D eigenvalue weighted by Crippen LogP contribution is 2.16. The molecule has 1 aromatic heterocycles. The maximum Gasteiger partial charge on any atom is 0.281 e. The Balaban J connectivity index is 1.29. The molecule has 2 rings (SSSR count). The van der Waals surface area contributed by atoms with Crippen LogP contribution >= 0.6 is 0 Å². The van der Waals surface area contributed by atoms with Gasteiger partial charge in [-0.2, -0.15) is 9.78 Å². The maximum atomic E-state index is 12.5. The molecule has 0 atom stereocenters. The standard InChI is InChI=1S/C35H58N2O2/c1-2-3-4-5-6-7-8-9-10-11-12-13-14-15-16-17-18-19-20-21-22-23-24-25-30-34(38)37-35(39)33-29-27-26-28-32(33)31-36-37/h26-29,31H,2-25,30H2,1H3. The number of aromatic nitrogens is 2. The van der Waals surface area contributed by atoms with Crippen molar-refractivity contribution in [1.29, 1.82) is 0 Å². The van der Waals surface area contributed by atoms with Crippen LogP contribution in [0.15, 0.2) is 35.3 Å². The maximum absolute atomic E-state index is 12.5. The highest BCUT2D eigenvalue weighted by Gasteiger charge is 2.10. The van der Waals surface area contributed by atoms with Gasteiger partial charge in [0, 0.05) is 11.8 Å². The van der Waals surface area contributed by atoms with Gasteiger partial charge in [-0.3, -0.25) is 9.59 Å². The molecule has 0 fully saturated rings. The van der Waals surface area contributed by atoms with E-state index in [-0.39, 0.29) is 11.5 Å². The van der Waals surface area contributed by atoms with Crippen LogP contribution in [0.4, 0.5) is 0 Å². The molecule has 4 heteroatoms. The highest BCUT2D eigenvalue weighted by molar-refractivity contribution is 5.84. The number of carbonyl (C=O) groups excluding carboxylic acids is 1. The largest absolute Gasteiger partial charge is 0.281 e. The number of unbranched alkanes of at least 4 members (excludes halogenated alkanes) is 23. The van der Waals surface area contributed by atoms with Crippen molar-refractivity contribution in [3.05, 3.63) is 40.8 Å². The van der Waals surface area contributed by atoms with Crippen LogP contribution in [0.1, 0.15) is 172 Å². The van der Waals surface area contributed by atoms with E-state index in [4.69, 9.17) is 0 Å². The summed E-state index contributed by atoms with van der Waals surface area (Å²) in [5.41, 5.74) is -0.303. The molecular formula is C35H58N2O2. The van der Waals surface area contributed by atoms with Crippen molar-refractivity contribution in [1.82, 2.24) is 9.78 Å². The molecule has 4 nitrogen and oxygen atoms in total. The molecule has 1 heterocycles. The van der Waals surface area contributed by atoms with Crippen LogP contribution in [0.5, 0.6) is 0 Å². The third-order valence-corrected chi connectivity index (χ3v) is 8.18. The summed E-state index contributed by atoms with van der Waals surface area (Å²) in [4.78, 5) is 24.9. The highest BCUT2D eigenvalue weighted by atomic mass is 16.2. The average Bonchev–Trinajstić information content (AvgIpc) is 2.95. The Bertz CT molecular complexity index is 936. The Morgan fingerprint density at radius 3 is 1.41 bits per heavy atom. The summed E-state index contributed by atoms with van der Waals surface area (Å²) in [5.74, 6) is -0.190. The van der Waals surface area contributed by atoms with Gasteiger partial charge in [-0.05, 0) is 12.5 Å². The van der Waals surface area contributed by atoms with Crippen LogP contribution in [0.2, 0.25) is 0 Å². The first-order chi connectivity index (χ1) is 19.2. The van der Waals surface area contributed by atoms with Crippen molar-refractivity contribution < 1.29 is 4.79 Å². The Morgan fingerprint density at radius 1 is 0.590 bits per heavy atom. The molecule has 39 heavy (non-hydrogen) atoms. The summed E-state index contributed by atoms with van der Waals surface area (Å²) in [6.45, 7) is 2.29. The summed E-state index contributed by atoms with van der Waals surface area (Å²) >= 11 is 0. The summed E-state index contributed by atoms with van der Waals surface area (Å²) in [7, 11) is 0. The number of hydrogen-bond acceptors (Lipinski definition) is 3.